The number of likely N-dealkylation sites (N-methyl/N-ethyl adjacent to an activating group) is 2. The van der Waals surface area contributed by atoms with Crippen LogP contribution in [0.25, 0.3) is 0 Å². The molecule has 1 atom stereocenters. The third kappa shape index (κ3) is 4.55. The number of nitrogens with one attached hydrogen (secondary N) is 1. The molecule has 0 saturated carbocycles. The quantitative estimate of drug-likeness (QED) is 0.774. The highest BCUT2D eigenvalue weighted by Crippen LogP contribution is 2.12. The molecule has 6 nitrogen and oxygen atoms in total. The van der Waals surface area contributed by atoms with E-state index in [2.05, 4.69) is 5.32 Å². The molecule has 1 aromatic carbocycles. The first-order chi connectivity index (χ1) is 9.31. The summed E-state index contributed by atoms with van der Waals surface area (Å²) >= 11 is 0. The molecule has 0 aliphatic rings. The number of hydrogen-bond acceptors (Lipinski definition) is 4. The van der Waals surface area contributed by atoms with E-state index in [9.17, 15) is 9.59 Å². The molecule has 1 aromatic rings. The maximum Gasteiger partial charge on any atom is 0.241 e. The number of nitrogens with two attached hydrogens (primary N) is 1. The number of benzene rings is 1. The number of anilines is 2. The largest absolute Gasteiger partial charge is 0.399 e. The van der Waals surface area contributed by atoms with Gasteiger partial charge in [-0.15, -0.1) is 0 Å². The van der Waals surface area contributed by atoms with Crippen molar-refractivity contribution >= 4 is 23.2 Å². The van der Waals surface area contributed by atoms with Gasteiger partial charge in [0.25, 0.3) is 0 Å². The van der Waals surface area contributed by atoms with Crippen LogP contribution in [0.1, 0.15) is 6.92 Å². The van der Waals surface area contributed by atoms with Crippen LogP contribution in [0.5, 0.6) is 0 Å². The zero-order chi connectivity index (χ0) is 15.3. The Morgan fingerprint density at radius 1 is 1.30 bits per heavy atom. The highest BCUT2D eigenvalue weighted by Gasteiger charge is 2.20. The topological polar surface area (TPSA) is 78.7 Å². The summed E-state index contributed by atoms with van der Waals surface area (Å²) in [6, 6.07) is 6.57. The maximum atomic E-state index is 12.1. The molecule has 0 aliphatic heterocycles. The van der Waals surface area contributed by atoms with Gasteiger partial charge in [-0.1, -0.05) is 6.07 Å². The minimum Gasteiger partial charge on any atom is -0.399 e. The van der Waals surface area contributed by atoms with E-state index in [4.69, 9.17) is 5.73 Å². The summed E-state index contributed by atoms with van der Waals surface area (Å²) in [6.45, 7) is 1.95. The molecule has 20 heavy (non-hydrogen) atoms. The smallest absolute Gasteiger partial charge is 0.241 e. The number of carbonyl (C=O) groups is 2. The summed E-state index contributed by atoms with van der Waals surface area (Å²) < 4.78 is 0. The lowest BCUT2D eigenvalue weighted by atomic mass is 10.2. The van der Waals surface area contributed by atoms with E-state index in [1.54, 1.807) is 57.2 Å². The Labute approximate surface area is 119 Å². The van der Waals surface area contributed by atoms with Gasteiger partial charge < -0.3 is 16.0 Å². The van der Waals surface area contributed by atoms with Crippen LogP contribution in [-0.2, 0) is 9.59 Å². The monoisotopic (exact) mass is 278 g/mol. The molecule has 0 saturated heterocycles. The molecule has 0 aromatic heterocycles. The van der Waals surface area contributed by atoms with Crippen molar-refractivity contribution in [2.24, 2.45) is 0 Å². The van der Waals surface area contributed by atoms with Crippen molar-refractivity contribution in [2.75, 3.05) is 38.7 Å². The first-order valence-corrected chi connectivity index (χ1v) is 6.38. The standard InChI is InChI=1S/C14H22N4O2/c1-10(18(4)9-13(19)17(2)3)14(20)16-12-7-5-6-11(15)8-12/h5-8,10H,9,15H2,1-4H3,(H,16,20). The molecule has 0 spiro atoms. The molecule has 1 unspecified atom stereocenters. The van der Waals surface area contributed by atoms with E-state index >= 15 is 0 Å². The molecule has 6 heteroatoms. The average Bonchev–Trinajstić information content (AvgIpc) is 2.37. The molecule has 0 heterocycles. The zero-order valence-corrected chi connectivity index (χ0v) is 12.4. The Morgan fingerprint density at radius 3 is 2.50 bits per heavy atom. The molecule has 1 rings (SSSR count). The number of nitrogens with zero attached hydrogens (tertiary/aromatic N) is 2. The van der Waals surface area contributed by atoms with E-state index in [0.29, 0.717) is 11.4 Å². The molecular weight excluding hydrogens is 256 g/mol. The van der Waals surface area contributed by atoms with Gasteiger partial charge in [0, 0.05) is 25.5 Å². The molecule has 0 radical (unpaired) electrons. The summed E-state index contributed by atoms with van der Waals surface area (Å²) in [5.74, 6) is -0.222. The fourth-order valence-electron chi connectivity index (χ4n) is 1.55. The van der Waals surface area contributed by atoms with Gasteiger partial charge in [-0.25, -0.2) is 0 Å². The van der Waals surface area contributed by atoms with E-state index in [1.807, 2.05) is 0 Å². The van der Waals surface area contributed by atoms with Crippen LogP contribution < -0.4 is 11.1 Å². The molecule has 110 valence electrons. The van der Waals surface area contributed by atoms with Gasteiger partial charge in [-0.3, -0.25) is 14.5 Å². The van der Waals surface area contributed by atoms with Crippen molar-refractivity contribution in [1.29, 1.82) is 0 Å². The summed E-state index contributed by atoms with van der Waals surface area (Å²) in [5, 5.41) is 2.78. The van der Waals surface area contributed by atoms with Crippen LogP contribution in [0.4, 0.5) is 11.4 Å². The van der Waals surface area contributed by atoms with Crippen molar-refractivity contribution in [3.05, 3.63) is 24.3 Å². The van der Waals surface area contributed by atoms with Crippen LogP contribution >= 0.6 is 0 Å². The molecule has 0 fully saturated rings. The minimum atomic E-state index is -0.416. The Hall–Kier alpha value is -2.08. The molecule has 3 N–H and O–H groups in total. The number of nitrogen functional groups attached to an aromatic ring is 1. The summed E-state index contributed by atoms with van der Waals surface area (Å²) in [5.41, 5.74) is 6.89. The van der Waals surface area contributed by atoms with Gasteiger partial charge in [-0.05, 0) is 32.2 Å². The fourth-order valence-corrected chi connectivity index (χ4v) is 1.55. The molecule has 2 amide bonds. The Kier molecular flexibility index (Phi) is 5.52. The van der Waals surface area contributed by atoms with E-state index in [-0.39, 0.29) is 18.4 Å². The van der Waals surface area contributed by atoms with Crippen LogP contribution in [0.15, 0.2) is 24.3 Å². The fraction of sp³-hybridized carbons (Fsp3) is 0.429. The van der Waals surface area contributed by atoms with E-state index in [1.165, 1.54) is 4.90 Å². The second kappa shape index (κ2) is 6.91. The normalized spacial score (nSPS) is 12.1. The van der Waals surface area contributed by atoms with Crippen molar-refractivity contribution in [1.82, 2.24) is 9.80 Å². The number of hydrogen-bond donors (Lipinski definition) is 2. The number of carbonyl (C=O) groups excluding carboxylic acids is 2. The number of amides is 2. The zero-order valence-electron chi connectivity index (χ0n) is 12.4. The van der Waals surface area contributed by atoms with Crippen LogP contribution in [0, 0.1) is 0 Å². The molecule has 0 aliphatic carbocycles. The van der Waals surface area contributed by atoms with Crippen LogP contribution in [0.3, 0.4) is 0 Å². The van der Waals surface area contributed by atoms with Crippen molar-refractivity contribution < 1.29 is 9.59 Å². The lowest BCUT2D eigenvalue weighted by molar-refractivity contribution is -0.131. The van der Waals surface area contributed by atoms with Gasteiger partial charge >= 0.3 is 0 Å². The average molecular weight is 278 g/mol. The van der Waals surface area contributed by atoms with Crippen molar-refractivity contribution in [3.8, 4) is 0 Å². The van der Waals surface area contributed by atoms with Gasteiger partial charge in [0.2, 0.25) is 11.8 Å². The number of rotatable bonds is 5. The second-order valence-corrected chi connectivity index (χ2v) is 4.99. The van der Waals surface area contributed by atoms with Gasteiger partial charge in [0.1, 0.15) is 0 Å². The Balaban J connectivity index is 2.60. The molecular formula is C14H22N4O2. The predicted octanol–water partition coefficient (Wildman–Crippen LogP) is 0.616. The van der Waals surface area contributed by atoms with E-state index in [0.717, 1.165) is 0 Å². The third-order valence-electron chi connectivity index (χ3n) is 3.08. The highest BCUT2D eigenvalue weighted by molar-refractivity contribution is 5.95. The Morgan fingerprint density at radius 2 is 1.95 bits per heavy atom. The predicted molar refractivity (Wildman–Crippen MR) is 80.3 cm³/mol. The Bertz CT molecular complexity index is 488. The first kappa shape index (κ1) is 16.0. The van der Waals surface area contributed by atoms with E-state index < -0.39 is 6.04 Å². The van der Waals surface area contributed by atoms with Gasteiger partial charge in [-0.2, -0.15) is 0 Å². The summed E-state index contributed by atoms with van der Waals surface area (Å²) in [7, 11) is 5.12. The SMILES string of the molecule is CC(C(=O)Nc1cccc(N)c1)N(C)CC(=O)N(C)C. The third-order valence-corrected chi connectivity index (χ3v) is 3.08. The van der Waals surface area contributed by atoms with Gasteiger partial charge in [0.05, 0.1) is 12.6 Å². The van der Waals surface area contributed by atoms with Crippen molar-refractivity contribution in [2.45, 2.75) is 13.0 Å². The van der Waals surface area contributed by atoms with Gasteiger partial charge in [0.15, 0.2) is 0 Å². The highest BCUT2D eigenvalue weighted by atomic mass is 16.2. The van der Waals surface area contributed by atoms with Crippen LogP contribution in [0.2, 0.25) is 0 Å². The lowest BCUT2D eigenvalue weighted by Gasteiger charge is -2.24. The van der Waals surface area contributed by atoms with Crippen molar-refractivity contribution in [3.63, 3.8) is 0 Å². The maximum absolute atomic E-state index is 12.1. The second-order valence-electron chi connectivity index (χ2n) is 4.99. The first-order valence-electron chi connectivity index (χ1n) is 6.38. The minimum absolute atomic E-state index is 0.0453. The van der Waals surface area contributed by atoms with Crippen LogP contribution in [-0.4, -0.2) is 55.3 Å². The summed E-state index contributed by atoms with van der Waals surface area (Å²) in [4.78, 5) is 26.9. The lowest BCUT2D eigenvalue weighted by Crippen LogP contribution is -2.44. The molecule has 0 bridgehead atoms. The summed E-state index contributed by atoms with van der Waals surface area (Å²) in [6.07, 6.45) is 0.